The summed E-state index contributed by atoms with van der Waals surface area (Å²) >= 11 is 0. The van der Waals surface area contributed by atoms with Gasteiger partial charge >= 0.3 is 5.97 Å². The summed E-state index contributed by atoms with van der Waals surface area (Å²) in [5.41, 5.74) is 0. The van der Waals surface area contributed by atoms with Gasteiger partial charge in [0, 0.05) is 0 Å². The molecule has 0 aliphatic carbocycles. The van der Waals surface area contributed by atoms with Crippen LogP contribution in [0.2, 0.25) is 0 Å². The molecule has 0 spiro atoms. The highest BCUT2D eigenvalue weighted by molar-refractivity contribution is 5.78. The molecule has 0 saturated heterocycles. The summed E-state index contributed by atoms with van der Waals surface area (Å²) in [4.78, 5) is 22.1. The minimum absolute atomic E-state index is 0.228. The average molecular weight is 221 g/mol. The van der Waals surface area contributed by atoms with Gasteiger partial charge in [-0.05, 0) is 24.5 Å². The number of hydrogen-bond acceptors (Lipinski definition) is 4. The highest BCUT2D eigenvalue weighted by atomic mass is 16.5. The van der Waals surface area contributed by atoms with E-state index in [9.17, 15) is 9.70 Å². The predicted molar refractivity (Wildman–Crippen MR) is 61.1 cm³/mol. The number of ether oxygens (including phenoxy) is 1. The third-order valence-electron chi connectivity index (χ3n) is 2.06. The fraction of sp³-hybridized carbons (Fsp3) is 0.417. The lowest BCUT2D eigenvalue weighted by atomic mass is 10.0. The monoisotopic (exact) mass is 221 g/mol. The van der Waals surface area contributed by atoms with E-state index in [1.807, 2.05) is 19.9 Å². The second-order valence-electron chi connectivity index (χ2n) is 3.98. The molecule has 0 radical (unpaired) electrons. The molecule has 1 rings (SSSR count). The Bertz CT molecular complexity index is 349. The highest BCUT2D eigenvalue weighted by Gasteiger charge is 2.22. The number of para-hydroxylation sites is 1. The van der Waals surface area contributed by atoms with Crippen molar-refractivity contribution in [3.8, 4) is 5.75 Å². The van der Waals surface area contributed by atoms with Crippen LogP contribution >= 0.6 is 0 Å². The molecule has 4 nitrogen and oxygen atoms in total. The summed E-state index contributed by atoms with van der Waals surface area (Å²) in [6, 6.07) is 7.74. The molecule has 0 heterocycles. The maximum absolute atomic E-state index is 11.6. The van der Waals surface area contributed by atoms with Crippen LogP contribution in [0.4, 0.5) is 0 Å². The van der Waals surface area contributed by atoms with Crippen molar-refractivity contribution in [3.63, 3.8) is 0 Å². The minimum atomic E-state index is -0.916. The van der Waals surface area contributed by atoms with Crippen LogP contribution in [0.3, 0.4) is 0 Å². The molecule has 0 bridgehead atoms. The number of benzene rings is 1. The van der Waals surface area contributed by atoms with Crippen molar-refractivity contribution in [1.29, 1.82) is 0 Å². The van der Waals surface area contributed by atoms with Gasteiger partial charge in [0.05, 0.1) is 0 Å². The number of esters is 1. The molecule has 0 aliphatic heterocycles. The summed E-state index contributed by atoms with van der Waals surface area (Å²) in [5, 5.41) is 2.80. The Hall–Kier alpha value is -1.71. The molecular formula is C12H15NO3. The lowest BCUT2D eigenvalue weighted by molar-refractivity contribution is -0.136. The Labute approximate surface area is 94.6 Å². The lowest BCUT2D eigenvalue weighted by Gasteiger charge is -2.10. The van der Waals surface area contributed by atoms with Gasteiger partial charge < -0.3 is 4.74 Å². The van der Waals surface area contributed by atoms with Gasteiger partial charge in [-0.25, -0.2) is 4.79 Å². The Morgan fingerprint density at radius 2 is 1.94 bits per heavy atom. The number of nitroso groups, excluding NO2 is 1. The van der Waals surface area contributed by atoms with Gasteiger partial charge in [-0.3, -0.25) is 0 Å². The molecule has 0 fully saturated rings. The molecule has 16 heavy (non-hydrogen) atoms. The van der Waals surface area contributed by atoms with Gasteiger partial charge in [-0.15, -0.1) is 4.91 Å². The number of carbonyl (C=O) groups is 1. The first-order chi connectivity index (χ1) is 7.63. The van der Waals surface area contributed by atoms with Gasteiger partial charge in [0.25, 0.3) is 0 Å². The van der Waals surface area contributed by atoms with Crippen molar-refractivity contribution < 1.29 is 9.53 Å². The molecule has 0 aromatic heterocycles. The van der Waals surface area contributed by atoms with Crippen molar-refractivity contribution in [3.05, 3.63) is 35.2 Å². The van der Waals surface area contributed by atoms with E-state index in [0.29, 0.717) is 12.2 Å². The van der Waals surface area contributed by atoms with E-state index in [2.05, 4.69) is 5.18 Å². The number of hydrogen-bond donors (Lipinski definition) is 0. The van der Waals surface area contributed by atoms with Gasteiger partial charge in [0.1, 0.15) is 5.75 Å². The summed E-state index contributed by atoms with van der Waals surface area (Å²) in [6.45, 7) is 3.85. The third kappa shape index (κ3) is 3.81. The highest BCUT2D eigenvalue weighted by Crippen LogP contribution is 2.14. The molecule has 86 valence electrons. The van der Waals surface area contributed by atoms with Crippen molar-refractivity contribution in [1.82, 2.24) is 0 Å². The Kier molecular flexibility index (Phi) is 4.64. The van der Waals surface area contributed by atoms with Crippen LogP contribution in [0.5, 0.6) is 5.75 Å². The first-order valence-corrected chi connectivity index (χ1v) is 5.22. The molecule has 0 amide bonds. The molecule has 0 aliphatic rings. The minimum Gasteiger partial charge on any atom is -0.425 e. The molecule has 4 heteroatoms. The maximum Gasteiger partial charge on any atom is 0.339 e. The lowest BCUT2D eigenvalue weighted by Crippen LogP contribution is -2.25. The maximum atomic E-state index is 11.6. The quantitative estimate of drug-likeness (QED) is 0.436. The second kappa shape index (κ2) is 6.00. The zero-order valence-corrected chi connectivity index (χ0v) is 9.42. The zero-order valence-electron chi connectivity index (χ0n) is 9.42. The van der Waals surface area contributed by atoms with E-state index in [4.69, 9.17) is 4.74 Å². The number of carbonyl (C=O) groups excluding carboxylic acids is 1. The van der Waals surface area contributed by atoms with E-state index in [1.165, 1.54) is 0 Å². The normalized spacial score (nSPS) is 12.2. The standard InChI is InChI=1S/C12H15NO3/c1-9(2)8-11(13-15)12(14)16-10-6-4-3-5-7-10/h3-7,9,11H,8H2,1-2H3/t11-/m0/s1. The van der Waals surface area contributed by atoms with E-state index in [-0.39, 0.29) is 5.92 Å². The molecule has 1 aromatic carbocycles. The molecule has 0 N–H and O–H groups in total. The van der Waals surface area contributed by atoms with Gasteiger partial charge in [-0.2, -0.15) is 0 Å². The number of nitrogens with zero attached hydrogens (tertiary/aromatic N) is 1. The van der Waals surface area contributed by atoms with Crippen molar-refractivity contribution in [2.45, 2.75) is 26.3 Å². The smallest absolute Gasteiger partial charge is 0.339 e. The second-order valence-corrected chi connectivity index (χ2v) is 3.98. The van der Waals surface area contributed by atoms with Crippen LogP contribution in [0.1, 0.15) is 20.3 Å². The summed E-state index contributed by atoms with van der Waals surface area (Å²) < 4.78 is 5.04. The average Bonchev–Trinajstić information content (AvgIpc) is 2.26. The van der Waals surface area contributed by atoms with Crippen LogP contribution in [0.15, 0.2) is 35.5 Å². The van der Waals surface area contributed by atoms with E-state index in [1.54, 1.807) is 24.3 Å². The van der Waals surface area contributed by atoms with Gasteiger partial charge in [-0.1, -0.05) is 37.2 Å². The molecule has 1 aromatic rings. The van der Waals surface area contributed by atoms with Crippen molar-refractivity contribution >= 4 is 5.97 Å². The SMILES string of the molecule is CC(C)C[C@H](N=O)C(=O)Oc1ccccc1. The summed E-state index contributed by atoms with van der Waals surface area (Å²) in [5.74, 6) is 0.0748. The van der Waals surface area contributed by atoms with Crippen molar-refractivity contribution in [2.24, 2.45) is 11.1 Å². The largest absolute Gasteiger partial charge is 0.425 e. The van der Waals surface area contributed by atoms with E-state index >= 15 is 0 Å². The third-order valence-corrected chi connectivity index (χ3v) is 2.06. The first-order valence-electron chi connectivity index (χ1n) is 5.22. The van der Waals surface area contributed by atoms with Crippen molar-refractivity contribution in [2.75, 3.05) is 0 Å². The van der Waals surface area contributed by atoms with Crippen LogP contribution < -0.4 is 4.74 Å². The number of rotatable bonds is 5. The Morgan fingerprint density at radius 3 is 2.44 bits per heavy atom. The molecule has 0 unspecified atom stereocenters. The Morgan fingerprint density at radius 1 is 1.31 bits per heavy atom. The first kappa shape index (κ1) is 12.4. The van der Waals surface area contributed by atoms with Gasteiger partial charge in [0.15, 0.2) is 6.04 Å². The molecule has 0 saturated carbocycles. The van der Waals surface area contributed by atoms with E-state index < -0.39 is 12.0 Å². The van der Waals surface area contributed by atoms with Crippen LogP contribution in [-0.4, -0.2) is 12.0 Å². The van der Waals surface area contributed by atoms with Crippen LogP contribution in [0, 0.1) is 10.8 Å². The van der Waals surface area contributed by atoms with Crippen LogP contribution in [0.25, 0.3) is 0 Å². The topological polar surface area (TPSA) is 55.7 Å². The summed E-state index contributed by atoms with van der Waals surface area (Å²) in [7, 11) is 0. The van der Waals surface area contributed by atoms with E-state index in [0.717, 1.165) is 0 Å². The summed E-state index contributed by atoms with van der Waals surface area (Å²) in [6.07, 6.45) is 0.412. The molecule has 1 atom stereocenters. The van der Waals surface area contributed by atoms with Gasteiger partial charge in [0.2, 0.25) is 0 Å². The zero-order chi connectivity index (χ0) is 12.0. The fourth-order valence-electron chi connectivity index (χ4n) is 1.30. The fourth-order valence-corrected chi connectivity index (χ4v) is 1.30. The predicted octanol–water partition coefficient (Wildman–Crippen LogP) is 2.77. The Balaban J connectivity index is 2.60. The molecular weight excluding hydrogens is 206 g/mol. The van der Waals surface area contributed by atoms with Crippen LogP contribution in [-0.2, 0) is 4.79 Å².